The molecule has 0 atom stereocenters. The lowest BCUT2D eigenvalue weighted by atomic mass is 10.00. The van der Waals surface area contributed by atoms with E-state index in [9.17, 15) is 9.59 Å². The molecule has 4 rings (SSSR count). The number of methoxy groups -OCH3 is 1. The number of benzene rings is 2. The molecule has 2 N–H and O–H groups in total. The molecular weight excluding hydrogens is 344 g/mol. The Hall–Kier alpha value is -3.74. The summed E-state index contributed by atoms with van der Waals surface area (Å²) >= 11 is 0. The Morgan fingerprint density at radius 3 is 2.78 bits per heavy atom. The normalized spacial score (nSPS) is 12.3. The Kier molecular flexibility index (Phi) is 4.25. The van der Waals surface area contributed by atoms with Crippen molar-refractivity contribution in [2.24, 2.45) is 0 Å². The first-order valence-electron chi connectivity index (χ1n) is 8.33. The maximum absolute atomic E-state index is 12.5. The summed E-state index contributed by atoms with van der Waals surface area (Å²) in [5, 5.41) is 5.62. The van der Waals surface area contributed by atoms with Gasteiger partial charge in [-0.25, -0.2) is 9.97 Å². The molecule has 0 unspecified atom stereocenters. The van der Waals surface area contributed by atoms with E-state index >= 15 is 0 Å². The fourth-order valence-corrected chi connectivity index (χ4v) is 3.01. The first kappa shape index (κ1) is 16.7. The number of amides is 2. The molecule has 1 aliphatic heterocycles. The Bertz CT molecular complexity index is 1050. The van der Waals surface area contributed by atoms with Gasteiger partial charge in [0.1, 0.15) is 0 Å². The fourth-order valence-electron chi connectivity index (χ4n) is 3.01. The zero-order valence-corrected chi connectivity index (χ0v) is 14.5. The molecule has 7 heteroatoms. The topological polar surface area (TPSA) is 93.2 Å². The zero-order valence-electron chi connectivity index (χ0n) is 14.5. The summed E-state index contributed by atoms with van der Waals surface area (Å²) in [6.45, 7) is 0.533. The van der Waals surface area contributed by atoms with Gasteiger partial charge in [0.05, 0.1) is 7.11 Å². The minimum absolute atomic E-state index is 0.0459. The first-order chi connectivity index (χ1) is 13.2. The molecule has 0 bridgehead atoms. The van der Waals surface area contributed by atoms with E-state index in [1.54, 1.807) is 6.07 Å². The highest BCUT2D eigenvalue weighted by molar-refractivity contribution is 6.04. The third kappa shape index (κ3) is 3.22. The maximum Gasteiger partial charge on any atom is 0.279 e. The molecule has 0 saturated heterocycles. The molecule has 7 nitrogen and oxygen atoms in total. The number of fused-ring (bicyclic) bond motifs is 1. The smallest absolute Gasteiger partial charge is 0.279 e. The Morgan fingerprint density at radius 2 is 1.93 bits per heavy atom. The van der Waals surface area contributed by atoms with Crippen LogP contribution >= 0.6 is 0 Å². The quantitative estimate of drug-likeness (QED) is 0.746. The van der Waals surface area contributed by atoms with Crippen molar-refractivity contribution in [1.82, 2.24) is 15.3 Å². The SMILES string of the molecule is COc1nccnc1C(=O)Nc1cccc(-c2ccc3c(c2)CNC3=O)c1. The van der Waals surface area contributed by atoms with E-state index in [1.807, 2.05) is 36.4 Å². The number of carbonyl (C=O) groups excluding carboxylic acids is 2. The predicted molar refractivity (Wildman–Crippen MR) is 99.6 cm³/mol. The van der Waals surface area contributed by atoms with Crippen LogP contribution in [0.25, 0.3) is 11.1 Å². The van der Waals surface area contributed by atoms with E-state index in [2.05, 4.69) is 20.6 Å². The molecule has 0 spiro atoms. The van der Waals surface area contributed by atoms with Crippen molar-refractivity contribution >= 4 is 17.5 Å². The maximum atomic E-state index is 12.5. The van der Waals surface area contributed by atoms with Gasteiger partial charge in [0.15, 0.2) is 5.69 Å². The molecule has 27 heavy (non-hydrogen) atoms. The van der Waals surface area contributed by atoms with E-state index in [-0.39, 0.29) is 17.5 Å². The molecule has 0 saturated carbocycles. The van der Waals surface area contributed by atoms with Crippen LogP contribution in [0.2, 0.25) is 0 Å². The van der Waals surface area contributed by atoms with Gasteiger partial charge in [-0.1, -0.05) is 18.2 Å². The van der Waals surface area contributed by atoms with Gasteiger partial charge in [0.25, 0.3) is 11.8 Å². The number of ether oxygens (including phenoxy) is 1. The van der Waals surface area contributed by atoms with Crippen LogP contribution in [0.15, 0.2) is 54.9 Å². The summed E-state index contributed by atoms with van der Waals surface area (Å²) in [6.07, 6.45) is 2.90. The van der Waals surface area contributed by atoms with Crippen molar-refractivity contribution in [2.75, 3.05) is 12.4 Å². The summed E-state index contributed by atoms with van der Waals surface area (Å²) in [6, 6.07) is 13.2. The first-order valence-corrected chi connectivity index (χ1v) is 8.33. The Morgan fingerprint density at radius 1 is 1.11 bits per heavy atom. The highest BCUT2D eigenvalue weighted by Crippen LogP contribution is 2.27. The molecular formula is C20H16N4O3. The van der Waals surface area contributed by atoms with E-state index in [4.69, 9.17) is 4.74 Å². The molecule has 2 heterocycles. The summed E-state index contributed by atoms with van der Waals surface area (Å²) in [5.41, 5.74) is 4.32. The minimum Gasteiger partial charge on any atom is -0.479 e. The van der Waals surface area contributed by atoms with Gasteiger partial charge >= 0.3 is 0 Å². The van der Waals surface area contributed by atoms with Crippen molar-refractivity contribution in [3.63, 3.8) is 0 Å². The van der Waals surface area contributed by atoms with Crippen LogP contribution in [0.4, 0.5) is 5.69 Å². The number of rotatable bonds is 4. The van der Waals surface area contributed by atoms with Gasteiger partial charge in [-0.3, -0.25) is 9.59 Å². The molecule has 2 aromatic carbocycles. The van der Waals surface area contributed by atoms with Gasteiger partial charge < -0.3 is 15.4 Å². The number of hydrogen-bond donors (Lipinski definition) is 2. The summed E-state index contributed by atoms with van der Waals surface area (Å²) in [5.74, 6) is -0.279. The van der Waals surface area contributed by atoms with Crippen LogP contribution in [-0.2, 0) is 6.54 Å². The summed E-state index contributed by atoms with van der Waals surface area (Å²) in [4.78, 5) is 32.2. The molecule has 134 valence electrons. The summed E-state index contributed by atoms with van der Waals surface area (Å²) < 4.78 is 5.08. The third-order valence-corrected chi connectivity index (χ3v) is 4.32. The molecule has 0 radical (unpaired) electrons. The second-order valence-electron chi connectivity index (χ2n) is 6.00. The number of aromatic nitrogens is 2. The monoisotopic (exact) mass is 360 g/mol. The van der Waals surface area contributed by atoms with Gasteiger partial charge in [-0.15, -0.1) is 0 Å². The average molecular weight is 360 g/mol. The van der Waals surface area contributed by atoms with Crippen molar-refractivity contribution in [3.8, 4) is 17.0 Å². The Balaban J connectivity index is 1.60. The van der Waals surface area contributed by atoms with Crippen LogP contribution in [0.1, 0.15) is 26.4 Å². The van der Waals surface area contributed by atoms with Gasteiger partial charge in [-0.05, 0) is 41.0 Å². The minimum atomic E-state index is -0.402. The average Bonchev–Trinajstić information content (AvgIpc) is 3.08. The molecule has 1 aromatic heterocycles. The van der Waals surface area contributed by atoms with E-state index in [1.165, 1.54) is 19.5 Å². The molecule has 0 aliphatic carbocycles. The predicted octanol–water partition coefficient (Wildman–Crippen LogP) is 2.65. The van der Waals surface area contributed by atoms with Crippen molar-refractivity contribution in [1.29, 1.82) is 0 Å². The zero-order chi connectivity index (χ0) is 18.8. The Labute approximate surface area is 155 Å². The number of carbonyl (C=O) groups is 2. The molecule has 3 aromatic rings. The van der Waals surface area contributed by atoms with Crippen LogP contribution in [-0.4, -0.2) is 28.9 Å². The molecule has 2 amide bonds. The van der Waals surface area contributed by atoms with Crippen molar-refractivity contribution < 1.29 is 14.3 Å². The number of hydrogen-bond acceptors (Lipinski definition) is 5. The van der Waals surface area contributed by atoms with Gasteiger partial charge in [0.2, 0.25) is 5.88 Å². The highest BCUT2D eigenvalue weighted by Gasteiger charge is 2.19. The number of anilines is 1. The van der Waals surface area contributed by atoms with Crippen molar-refractivity contribution in [3.05, 3.63) is 71.7 Å². The van der Waals surface area contributed by atoms with Crippen molar-refractivity contribution in [2.45, 2.75) is 6.54 Å². The van der Waals surface area contributed by atoms with Crippen LogP contribution < -0.4 is 15.4 Å². The van der Waals surface area contributed by atoms with Gasteiger partial charge in [-0.2, -0.15) is 0 Å². The largest absolute Gasteiger partial charge is 0.479 e. The molecule has 1 aliphatic rings. The van der Waals surface area contributed by atoms with E-state index in [0.29, 0.717) is 17.8 Å². The lowest BCUT2D eigenvalue weighted by Gasteiger charge is -2.09. The summed E-state index contributed by atoms with van der Waals surface area (Å²) in [7, 11) is 1.44. The van der Waals surface area contributed by atoms with Crippen LogP contribution in [0.5, 0.6) is 5.88 Å². The second-order valence-corrected chi connectivity index (χ2v) is 6.00. The van der Waals surface area contributed by atoms with Crippen LogP contribution in [0.3, 0.4) is 0 Å². The third-order valence-electron chi connectivity index (χ3n) is 4.32. The second kappa shape index (κ2) is 6.87. The lowest BCUT2D eigenvalue weighted by molar-refractivity contribution is 0.0964. The van der Waals surface area contributed by atoms with Crippen LogP contribution in [0, 0.1) is 0 Å². The van der Waals surface area contributed by atoms with Gasteiger partial charge in [0, 0.05) is 30.2 Å². The number of nitrogens with one attached hydrogen (secondary N) is 2. The van der Waals surface area contributed by atoms with E-state index < -0.39 is 5.91 Å². The number of nitrogens with zero attached hydrogens (tertiary/aromatic N) is 2. The standard InChI is InChI=1S/C20H16N4O3/c1-27-20-17(21-7-8-22-20)19(26)24-15-4-2-3-12(10-15)13-5-6-16-14(9-13)11-23-18(16)25/h2-10H,11H2,1H3,(H,23,25)(H,24,26). The highest BCUT2D eigenvalue weighted by atomic mass is 16.5. The van der Waals surface area contributed by atoms with E-state index in [0.717, 1.165) is 16.7 Å². The lowest BCUT2D eigenvalue weighted by Crippen LogP contribution is -2.15. The molecule has 0 fully saturated rings. The fraction of sp³-hybridized carbons (Fsp3) is 0.100.